The van der Waals surface area contributed by atoms with Crippen LogP contribution in [0.25, 0.3) is 0 Å². The van der Waals surface area contributed by atoms with E-state index in [4.69, 9.17) is 10.5 Å². The zero-order valence-corrected chi connectivity index (χ0v) is 14.2. The van der Waals surface area contributed by atoms with Gasteiger partial charge in [0.2, 0.25) is 5.91 Å². The van der Waals surface area contributed by atoms with Gasteiger partial charge in [-0.25, -0.2) is 0 Å². The van der Waals surface area contributed by atoms with Crippen LogP contribution in [0.4, 0.5) is 0 Å². The average molecular weight is 355 g/mol. The predicted molar refractivity (Wildman–Crippen MR) is 86.9 cm³/mol. The third kappa shape index (κ3) is 4.53. The second kappa shape index (κ2) is 6.90. The molecule has 1 amide bonds. The highest BCUT2D eigenvalue weighted by Crippen LogP contribution is 2.28. The van der Waals surface area contributed by atoms with Gasteiger partial charge in [0.25, 0.3) is 0 Å². The van der Waals surface area contributed by atoms with E-state index in [2.05, 4.69) is 15.9 Å². The van der Waals surface area contributed by atoms with E-state index in [1.807, 2.05) is 24.3 Å². The van der Waals surface area contributed by atoms with Crippen LogP contribution in [0.3, 0.4) is 0 Å². The molecule has 1 aromatic rings. The van der Waals surface area contributed by atoms with Gasteiger partial charge < -0.3 is 15.4 Å². The van der Waals surface area contributed by atoms with E-state index < -0.39 is 5.54 Å². The van der Waals surface area contributed by atoms with Crippen LogP contribution < -0.4 is 5.73 Å². The van der Waals surface area contributed by atoms with Crippen molar-refractivity contribution < 1.29 is 9.53 Å². The van der Waals surface area contributed by atoms with E-state index in [1.165, 1.54) is 12.8 Å². The van der Waals surface area contributed by atoms with E-state index in [-0.39, 0.29) is 5.91 Å². The van der Waals surface area contributed by atoms with E-state index in [9.17, 15) is 4.79 Å². The number of halogens is 1. The number of rotatable bonds is 7. The molecule has 0 aliphatic heterocycles. The third-order valence-electron chi connectivity index (χ3n) is 3.86. The minimum absolute atomic E-state index is 0.0974. The van der Waals surface area contributed by atoms with Gasteiger partial charge in [-0.15, -0.1) is 0 Å². The van der Waals surface area contributed by atoms with Crippen molar-refractivity contribution in [2.45, 2.75) is 25.3 Å². The second-order valence-electron chi connectivity index (χ2n) is 5.95. The molecule has 1 fully saturated rings. The molecule has 21 heavy (non-hydrogen) atoms. The summed E-state index contributed by atoms with van der Waals surface area (Å²) < 4.78 is 6.54. The average Bonchev–Trinajstić information content (AvgIpc) is 3.27. The number of nitrogens with two attached hydrogens (primary N) is 1. The molecule has 0 aromatic heterocycles. The predicted octanol–water partition coefficient (Wildman–Crippen LogP) is 2.51. The molecule has 0 spiro atoms. The molecule has 1 unspecified atom stereocenters. The van der Waals surface area contributed by atoms with Gasteiger partial charge in [-0.3, -0.25) is 4.79 Å². The molecule has 0 heterocycles. The smallest absolute Gasteiger partial charge is 0.246 e. The monoisotopic (exact) mass is 354 g/mol. The Balaban J connectivity index is 1.87. The summed E-state index contributed by atoms with van der Waals surface area (Å²) in [7, 11) is 1.77. The van der Waals surface area contributed by atoms with Crippen molar-refractivity contribution in [2.75, 3.05) is 26.8 Å². The summed E-state index contributed by atoms with van der Waals surface area (Å²) >= 11 is 3.38. The summed E-state index contributed by atoms with van der Waals surface area (Å²) in [6.07, 6.45) is 2.55. The summed E-state index contributed by atoms with van der Waals surface area (Å²) in [4.78, 5) is 14.2. The number of amides is 1. The standard InChI is InChI=1S/C16H23BrN2O2/c1-16(18,13-5-7-14(17)8-6-13)15(20)19(2)9-10-21-11-12-3-4-12/h5-8,12H,3-4,9-11,18H2,1-2H3. The van der Waals surface area contributed by atoms with E-state index in [0.717, 1.165) is 22.6 Å². The fourth-order valence-corrected chi connectivity index (χ4v) is 2.42. The molecule has 5 heteroatoms. The minimum atomic E-state index is -1.02. The summed E-state index contributed by atoms with van der Waals surface area (Å²) in [5.41, 5.74) is 6.03. The molecule has 1 atom stereocenters. The van der Waals surface area contributed by atoms with Crippen LogP contribution in [0, 0.1) is 5.92 Å². The molecule has 2 N–H and O–H groups in total. The highest BCUT2D eigenvalue weighted by molar-refractivity contribution is 9.10. The van der Waals surface area contributed by atoms with Crippen LogP contribution in [0.1, 0.15) is 25.3 Å². The van der Waals surface area contributed by atoms with Gasteiger partial charge in [0, 0.05) is 24.7 Å². The van der Waals surface area contributed by atoms with Gasteiger partial charge >= 0.3 is 0 Å². The van der Waals surface area contributed by atoms with Gasteiger partial charge in [-0.1, -0.05) is 28.1 Å². The third-order valence-corrected chi connectivity index (χ3v) is 4.39. The van der Waals surface area contributed by atoms with Gasteiger partial charge in [0.15, 0.2) is 0 Å². The Hall–Kier alpha value is -0.910. The Morgan fingerprint density at radius 1 is 1.43 bits per heavy atom. The highest BCUT2D eigenvalue weighted by atomic mass is 79.9. The molecule has 0 radical (unpaired) electrons. The summed E-state index contributed by atoms with van der Waals surface area (Å²) in [6.45, 7) is 3.69. The first kappa shape index (κ1) is 16.5. The molecule has 0 saturated heterocycles. The Bertz CT molecular complexity index is 484. The number of likely N-dealkylation sites (N-methyl/N-ethyl adjacent to an activating group) is 1. The lowest BCUT2D eigenvalue weighted by atomic mass is 9.92. The van der Waals surface area contributed by atoms with Crippen LogP contribution in [-0.2, 0) is 15.1 Å². The lowest BCUT2D eigenvalue weighted by Crippen LogP contribution is -2.50. The van der Waals surface area contributed by atoms with Gasteiger partial charge in [0.05, 0.1) is 6.61 Å². The van der Waals surface area contributed by atoms with Crippen LogP contribution in [0.5, 0.6) is 0 Å². The second-order valence-corrected chi connectivity index (χ2v) is 6.87. The zero-order valence-electron chi connectivity index (χ0n) is 12.6. The van der Waals surface area contributed by atoms with Crippen molar-refractivity contribution in [1.82, 2.24) is 4.90 Å². The molecular formula is C16H23BrN2O2. The number of hydrogen-bond donors (Lipinski definition) is 1. The molecule has 0 bridgehead atoms. The highest BCUT2D eigenvalue weighted by Gasteiger charge is 2.33. The fraction of sp³-hybridized carbons (Fsp3) is 0.562. The van der Waals surface area contributed by atoms with Gasteiger partial charge in [0.1, 0.15) is 5.54 Å². The maximum atomic E-state index is 12.5. The molecule has 1 aromatic carbocycles. The zero-order chi connectivity index (χ0) is 15.5. The van der Waals surface area contributed by atoms with Crippen molar-refractivity contribution in [3.05, 3.63) is 34.3 Å². The quantitative estimate of drug-likeness (QED) is 0.765. The lowest BCUT2D eigenvalue weighted by Gasteiger charge is -2.29. The Kier molecular flexibility index (Phi) is 5.41. The first-order valence-electron chi connectivity index (χ1n) is 7.29. The number of carbonyl (C=O) groups excluding carboxylic acids is 1. The SMILES string of the molecule is CN(CCOCC1CC1)C(=O)C(C)(N)c1ccc(Br)cc1. The van der Waals surface area contributed by atoms with Crippen LogP contribution in [0.2, 0.25) is 0 Å². The molecular weight excluding hydrogens is 332 g/mol. The van der Waals surface area contributed by atoms with Crippen LogP contribution in [0.15, 0.2) is 28.7 Å². The first-order chi connectivity index (χ1) is 9.91. The summed E-state index contributed by atoms with van der Waals surface area (Å²) in [5, 5.41) is 0. The largest absolute Gasteiger partial charge is 0.379 e. The lowest BCUT2D eigenvalue weighted by molar-refractivity contribution is -0.136. The van der Waals surface area contributed by atoms with Crippen molar-refractivity contribution >= 4 is 21.8 Å². The van der Waals surface area contributed by atoms with Crippen molar-refractivity contribution in [3.8, 4) is 0 Å². The van der Waals surface area contributed by atoms with E-state index in [0.29, 0.717) is 13.2 Å². The molecule has 116 valence electrons. The minimum Gasteiger partial charge on any atom is -0.379 e. The van der Waals surface area contributed by atoms with Crippen molar-refractivity contribution in [1.29, 1.82) is 0 Å². The number of benzene rings is 1. The molecule has 2 rings (SSSR count). The van der Waals surface area contributed by atoms with Crippen molar-refractivity contribution in [3.63, 3.8) is 0 Å². The topological polar surface area (TPSA) is 55.6 Å². The normalized spacial score (nSPS) is 17.3. The summed E-state index contributed by atoms with van der Waals surface area (Å²) in [6, 6.07) is 7.54. The molecule has 1 aliphatic carbocycles. The van der Waals surface area contributed by atoms with E-state index >= 15 is 0 Å². The molecule has 4 nitrogen and oxygen atoms in total. The maximum Gasteiger partial charge on any atom is 0.246 e. The summed E-state index contributed by atoms with van der Waals surface area (Å²) in [5.74, 6) is 0.647. The van der Waals surface area contributed by atoms with Crippen molar-refractivity contribution in [2.24, 2.45) is 11.7 Å². The maximum absolute atomic E-state index is 12.5. The Labute approximate surface area is 134 Å². The first-order valence-corrected chi connectivity index (χ1v) is 8.09. The number of hydrogen-bond acceptors (Lipinski definition) is 3. The molecule has 1 aliphatic rings. The number of nitrogens with zero attached hydrogens (tertiary/aromatic N) is 1. The van der Waals surface area contributed by atoms with Gasteiger partial charge in [-0.2, -0.15) is 0 Å². The Morgan fingerprint density at radius 3 is 2.62 bits per heavy atom. The Morgan fingerprint density at radius 2 is 2.05 bits per heavy atom. The fourth-order valence-electron chi connectivity index (χ4n) is 2.15. The number of carbonyl (C=O) groups is 1. The number of ether oxygens (including phenoxy) is 1. The van der Waals surface area contributed by atoms with Crippen LogP contribution >= 0.6 is 15.9 Å². The van der Waals surface area contributed by atoms with Crippen LogP contribution in [-0.4, -0.2) is 37.6 Å². The van der Waals surface area contributed by atoms with E-state index in [1.54, 1.807) is 18.9 Å². The van der Waals surface area contributed by atoms with Gasteiger partial charge in [-0.05, 0) is 43.4 Å². The molecule has 1 saturated carbocycles.